The SMILES string of the molecule is CC1CC=C(c2cc(NC(=O)c3ccnc(C(C)(C)C#N)c3)ccc2C#N)C=C1c1cc(NC(=O)C2CC2)ncn1. The molecule has 0 radical (unpaired) electrons. The van der Waals surface area contributed by atoms with Crippen molar-refractivity contribution in [2.75, 3.05) is 10.6 Å². The fourth-order valence-electron chi connectivity index (χ4n) is 4.60. The van der Waals surface area contributed by atoms with E-state index in [0.717, 1.165) is 30.4 Å². The Kier molecular flexibility index (Phi) is 7.45. The Hall–Kier alpha value is -5.15. The third-order valence-corrected chi connectivity index (χ3v) is 7.35. The van der Waals surface area contributed by atoms with Crippen molar-refractivity contribution in [1.29, 1.82) is 10.5 Å². The third kappa shape index (κ3) is 6.05. The van der Waals surface area contributed by atoms with Crippen LogP contribution < -0.4 is 10.6 Å². The Balaban J connectivity index is 1.42. The van der Waals surface area contributed by atoms with Gasteiger partial charge in [0.25, 0.3) is 5.91 Å². The van der Waals surface area contributed by atoms with Gasteiger partial charge in [-0.1, -0.05) is 13.0 Å². The highest BCUT2D eigenvalue weighted by atomic mass is 16.2. The molecular weight excluding hydrogens is 514 g/mol. The second-order valence-electron chi connectivity index (χ2n) is 10.9. The number of anilines is 2. The van der Waals surface area contributed by atoms with Crippen molar-refractivity contribution in [2.45, 2.75) is 45.4 Å². The van der Waals surface area contributed by atoms with E-state index in [0.29, 0.717) is 39.6 Å². The molecule has 0 spiro atoms. The number of nitrogens with one attached hydrogen (secondary N) is 2. The number of nitriles is 2. The van der Waals surface area contributed by atoms with E-state index in [1.807, 2.05) is 6.08 Å². The average molecular weight is 544 g/mol. The Labute approximate surface area is 238 Å². The lowest BCUT2D eigenvalue weighted by Crippen LogP contribution is -2.18. The minimum Gasteiger partial charge on any atom is -0.322 e. The molecule has 3 aromatic rings. The van der Waals surface area contributed by atoms with E-state index in [2.05, 4.69) is 50.7 Å². The standard InChI is InChI=1S/C32H29N7O2/c1-19-4-5-21(12-25(19)27-15-29(37-18-36-27)39-30(40)20-6-7-20)26-14-24(9-8-23(26)16-33)38-31(41)22-10-11-35-28(13-22)32(2,3)17-34/h5,8-15,18-20H,4,6-7H2,1-3H3,(H,38,41)(H,36,37,39,40). The van der Waals surface area contributed by atoms with Crippen LogP contribution in [0.3, 0.4) is 0 Å². The lowest BCUT2D eigenvalue weighted by molar-refractivity contribution is -0.117. The molecule has 2 aliphatic rings. The molecule has 2 N–H and O–H groups in total. The molecule has 1 atom stereocenters. The van der Waals surface area contributed by atoms with Crippen molar-refractivity contribution in [3.8, 4) is 12.1 Å². The van der Waals surface area contributed by atoms with Crippen LogP contribution >= 0.6 is 0 Å². The van der Waals surface area contributed by atoms with Gasteiger partial charge in [0.1, 0.15) is 12.1 Å². The molecule has 9 nitrogen and oxygen atoms in total. The number of benzene rings is 1. The first-order chi connectivity index (χ1) is 19.7. The molecule has 1 unspecified atom stereocenters. The minimum atomic E-state index is -0.834. The van der Waals surface area contributed by atoms with E-state index in [9.17, 15) is 20.1 Å². The quantitative estimate of drug-likeness (QED) is 0.392. The predicted molar refractivity (Wildman–Crippen MR) is 155 cm³/mol. The largest absolute Gasteiger partial charge is 0.322 e. The molecule has 0 aliphatic heterocycles. The summed E-state index contributed by atoms with van der Waals surface area (Å²) in [5.41, 5.74) is 4.26. The number of carbonyl (C=O) groups excluding carboxylic acids is 2. The van der Waals surface area contributed by atoms with E-state index in [-0.39, 0.29) is 23.7 Å². The van der Waals surface area contributed by atoms with Gasteiger partial charge in [-0.25, -0.2) is 9.97 Å². The van der Waals surface area contributed by atoms with Crippen LogP contribution in [0.2, 0.25) is 0 Å². The summed E-state index contributed by atoms with van der Waals surface area (Å²) in [5, 5.41) is 25.1. The molecule has 1 aromatic carbocycles. The summed E-state index contributed by atoms with van der Waals surface area (Å²) in [6.45, 7) is 5.59. The molecule has 204 valence electrons. The zero-order valence-electron chi connectivity index (χ0n) is 23.1. The molecule has 1 saturated carbocycles. The topological polar surface area (TPSA) is 144 Å². The minimum absolute atomic E-state index is 0.0183. The molecule has 0 saturated heterocycles. The summed E-state index contributed by atoms with van der Waals surface area (Å²) < 4.78 is 0. The van der Waals surface area contributed by atoms with Crippen LogP contribution in [0.15, 0.2) is 61.1 Å². The van der Waals surface area contributed by atoms with Gasteiger partial charge in [0, 0.05) is 35.0 Å². The molecular formula is C32H29N7O2. The molecule has 5 rings (SSSR count). The van der Waals surface area contributed by atoms with Crippen LogP contribution in [0.4, 0.5) is 11.5 Å². The van der Waals surface area contributed by atoms with Crippen LogP contribution in [0.5, 0.6) is 0 Å². The van der Waals surface area contributed by atoms with Gasteiger partial charge in [0.05, 0.1) is 34.5 Å². The number of hydrogen-bond acceptors (Lipinski definition) is 7. The first kappa shape index (κ1) is 27.4. The van der Waals surface area contributed by atoms with E-state index in [4.69, 9.17) is 0 Å². The van der Waals surface area contributed by atoms with Gasteiger partial charge in [-0.15, -0.1) is 0 Å². The maximum Gasteiger partial charge on any atom is 0.255 e. The van der Waals surface area contributed by atoms with Gasteiger partial charge in [0.15, 0.2) is 0 Å². The van der Waals surface area contributed by atoms with Crippen LogP contribution in [0.25, 0.3) is 11.1 Å². The van der Waals surface area contributed by atoms with E-state index in [1.165, 1.54) is 12.5 Å². The van der Waals surface area contributed by atoms with Crippen molar-refractivity contribution < 1.29 is 9.59 Å². The average Bonchev–Trinajstić information content (AvgIpc) is 3.84. The summed E-state index contributed by atoms with van der Waals surface area (Å²) in [7, 11) is 0. The zero-order valence-corrected chi connectivity index (χ0v) is 23.1. The van der Waals surface area contributed by atoms with E-state index >= 15 is 0 Å². The number of hydrogen-bond donors (Lipinski definition) is 2. The molecule has 2 amide bonds. The fraction of sp³-hybridized carbons (Fsp3) is 0.281. The van der Waals surface area contributed by atoms with Gasteiger partial charge >= 0.3 is 0 Å². The summed E-state index contributed by atoms with van der Waals surface area (Å²) in [5.74, 6) is 0.332. The maximum atomic E-state index is 13.1. The van der Waals surface area contributed by atoms with E-state index < -0.39 is 5.41 Å². The Morgan fingerprint density at radius 1 is 1.02 bits per heavy atom. The number of allylic oxidation sites excluding steroid dienone is 4. The van der Waals surface area contributed by atoms with Crippen LogP contribution in [0, 0.1) is 34.5 Å². The highest BCUT2D eigenvalue weighted by Crippen LogP contribution is 2.37. The monoisotopic (exact) mass is 543 g/mol. The van der Waals surface area contributed by atoms with Crippen LogP contribution in [0.1, 0.15) is 72.9 Å². The zero-order chi connectivity index (χ0) is 29.1. The number of carbonyl (C=O) groups is 2. The maximum absolute atomic E-state index is 13.1. The highest BCUT2D eigenvalue weighted by Gasteiger charge is 2.30. The lowest BCUT2D eigenvalue weighted by atomic mass is 9.84. The summed E-state index contributed by atoms with van der Waals surface area (Å²) in [4.78, 5) is 38.3. The Bertz CT molecular complexity index is 1690. The molecule has 9 heteroatoms. The fourth-order valence-corrected chi connectivity index (χ4v) is 4.60. The van der Waals surface area contributed by atoms with Gasteiger partial charge in [-0.05, 0) is 86.6 Å². The van der Waals surface area contributed by atoms with Gasteiger partial charge in [-0.2, -0.15) is 10.5 Å². The molecule has 2 heterocycles. The number of amides is 2. The summed E-state index contributed by atoms with van der Waals surface area (Å²) >= 11 is 0. The second kappa shape index (κ2) is 11.1. The molecule has 41 heavy (non-hydrogen) atoms. The first-order valence-electron chi connectivity index (χ1n) is 13.5. The van der Waals surface area contributed by atoms with Crippen molar-refractivity contribution in [3.63, 3.8) is 0 Å². The third-order valence-electron chi connectivity index (χ3n) is 7.35. The second-order valence-corrected chi connectivity index (χ2v) is 10.9. The van der Waals surface area contributed by atoms with Crippen molar-refractivity contribution >= 4 is 34.5 Å². The van der Waals surface area contributed by atoms with Gasteiger partial charge in [-0.3, -0.25) is 14.6 Å². The van der Waals surface area contributed by atoms with Crippen molar-refractivity contribution in [2.24, 2.45) is 11.8 Å². The van der Waals surface area contributed by atoms with Gasteiger partial charge < -0.3 is 10.6 Å². The summed E-state index contributed by atoms with van der Waals surface area (Å²) in [6, 6.07) is 14.6. The predicted octanol–water partition coefficient (Wildman–Crippen LogP) is 5.65. The van der Waals surface area contributed by atoms with Gasteiger partial charge in [0.2, 0.25) is 5.91 Å². The van der Waals surface area contributed by atoms with Crippen LogP contribution in [-0.4, -0.2) is 26.8 Å². The smallest absolute Gasteiger partial charge is 0.255 e. The normalized spacial score (nSPS) is 16.5. The number of pyridine rings is 1. The van der Waals surface area contributed by atoms with E-state index in [1.54, 1.807) is 50.2 Å². The molecule has 1 fully saturated rings. The summed E-state index contributed by atoms with van der Waals surface area (Å²) in [6.07, 6.45) is 9.58. The number of nitrogens with zero attached hydrogens (tertiary/aromatic N) is 5. The Morgan fingerprint density at radius 3 is 2.56 bits per heavy atom. The lowest BCUT2D eigenvalue weighted by Gasteiger charge is -2.21. The van der Waals surface area contributed by atoms with Crippen LogP contribution in [-0.2, 0) is 10.2 Å². The van der Waals surface area contributed by atoms with Crippen molar-refractivity contribution in [1.82, 2.24) is 15.0 Å². The van der Waals surface area contributed by atoms with Crippen molar-refractivity contribution in [3.05, 3.63) is 89.2 Å². The number of aromatic nitrogens is 3. The highest BCUT2D eigenvalue weighted by molar-refractivity contribution is 6.04. The molecule has 2 aliphatic carbocycles. The number of rotatable bonds is 7. The molecule has 0 bridgehead atoms. The Morgan fingerprint density at radius 2 is 1.83 bits per heavy atom. The first-order valence-corrected chi connectivity index (χ1v) is 13.5. The molecule has 2 aromatic heterocycles.